The van der Waals surface area contributed by atoms with Crippen LogP contribution in [0.4, 0.5) is 0 Å². The number of morpholine rings is 1. The molecule has 2 aliphatic heterocycles. The minimum absolute atomic E-state index is 0.285. The summed E-state index contributed by atoms with van der Waals surface area (Å²) in [6.45, 7) is 8.09. The molecule has 0 radical (unpaired) electrons. The van der Waals surface area contributed by atoms with Crippen LogP contribution in [0.1, 0.15) is 32.6 Å². The van der Waals surface area contributed by atoms with Gasteiger partial charge >= 0.3 is 0 Å². The molecule has 2 rings (SSSR count). The third-order valence-corrected chi connectivity index (χ3v) is 4.64. The molecule has 0 bridgehead atoms. The number of hydrogen-bond acceptors (Lipinski definition) is 4. The van der Waals surface area contributed by atoms with Gasteiger partial charge in [0, 0.05) is 32.1 Å². The molecule has 2 fully saturated rings. The van der Waals surface area contributed by atoms with Gasteiger partial charge in [-0.05, 0) is 45.2 Å². The number of piperidine rings is 1. The van der Waals surface area contributed by atoms with Crippen LogP contribution < -0.4 is 5.73 Å². The molecule has 0 aromatic heterocycles. The van der Waals surface area contributed by atoms with E-state index in [1.54, 1.807) is 0 Å². The lowest BCUT2D eigenvalue weighted by Gasteiger charge is -2.37. The largest absolute Gasteiger partial charge is 0.378 e. The van der Waals surface area contributed by atoms with Crippen molar-refractivity contribution in [1.29, 1.82) is 0 Å². The highest BCUT2D eigenvalue weighted by Crippen LogP contribution is 2.21. The number of nitrogens with zero attached hydrogens (tertiary/aromatic N) is 2. The summed E-state index contributed by atoms with van der Waals surface area (Å²) in [7, 11) is 0. The molecule has 0 aromatic rings. The van der Waals surface area contributed by atoms with Gasteiger partial charge in [-0.15, -0.1) is 0 Å². The van der Waals surface area contributed by atoms with Crippen molar-refractivity contribution < 1.29 is 9.53 Å². The minimum atomic E-state index is 0.285. The molecule has 0 saturated carbocycles. The number of hydrogen-bond donors (Lipinski definition) is 1. The van der Waals surface area contributed by atoms with E-state index < -0.39 is 0 Å². The van der Waals surface area contributed by atoms with Crippen LogP contribution in [0.2, 0.25) is 0 Å². The highest BCUT2D eigenvalue weighted by Gasteiger charge is 2.24. The predicted molar refractivity (Wildman–Crippen MR) is 79.4 cm³/mol. The summed E-state index contributed by atoms with van der Waals surface area (Å²) in [4.78, 5) is 16.5. The first-order chi connectivity index (χ1) is 9.70. The van der Waals surface area contributed by atoms with Crippen LogP contribution >= 0.6 is 0 Å². The smallest absolute Gasteiger partial charge is 0.222 e. The van der Waals surface area contributed by atoms with Crippen molar-refractivity contribution >= 4 is 5.91 Å². The Morgan fingerprint density at radius 1 is 1.30 bits per heavy atom. The fraction of sp³-hybridized carbons (Fsp3) is 0.933. The fourth-order valence-electron chi connectivity index (χ4n) is 3.17. The molecule has 0 aromatic carbocycles. The van der Waals surface area contributed by atoms with Crippen molar-refractivity contribution in [2.24, 2.45) is 11.7 Å². The topological polar surface area (TPSA) is 58.8 Å². The summed E-state index contributed by atoms with van der Waals surface area (Å²) < 4.78 is 5.27. The van der Waals surface area contributed by atoms with Crippen LogP contribution in [0.5, 0.6) is 0 Å². The van der Waals surface area contributed by atoms with E-state index in [-0.39, 0.29) is 5.91 Å². The third kappa shape index (κ3) is 4.43. The van der Waals surface area contributed by atoms with E-state index >= 15 is 0 Å². The van der Waals surface area contributed by atoms with Gasteiger partial charge in [0.25, 0.3) is 0 Å². The van der Waals surface area contributed by atoms with Crippen LogP contribution in [0.15, 0.2) is 0 Å². The Labute approximate surface area is 122 Å². The second-order valence-corrected chi connectivity index (χ2v) is 6.12. The van der Waals surface area contributed by atoms with Crippen LogP contribution in [0.3, 0.4) is 0 Å². The lowest BCUT2D eigenvalue weighted by atomic mass is 9.93. The van der Waals surface area contributed by atoms with Crippen molar-refractivity contribution in [2.45, 2.75) is 38.6 Å². The Hall–Kier alpha value is -0.650. The predicted octanol–water partition coefficient (Wildman–Crippen LogP) is 0.685. The van der Waals surface area contributed by atoms with Crippen molar-refractivity contribution in [2.75, 3.05) is 45.9 Å². The summed E-state index contributed by atoms with van der Waals surface area (Å²) >= 11 is 0. The van der Waals surface area contributed by atoms with Crippen LogP contribution in [0, 0.1) is 5.92 Å². The third-order valence-electron chi connectivity index (χ3n) is 4.64. The van der Waals surface area contributed by atoms with Crippen LogP contribution in [-0.4, -0.2) is 67.7 Å². The van der Waals surface area contributed by atoms with E-state index in [0.29, 0.717) is 31.6 Å². The van der Waals surface area contributed by atoms with E-state index in [0.717, 1.165) is 39.1 Å². The molecular weight excluding hydrogens is 254 g/mol. The number of carbonyl (C=O) groups excluding carboxylic acids is 1. The molecule has 20 heavy (non-hydrogen) atoms. The highest BCUT2D eigenvalue weighted by molar-refractivity contribution is 5.76. The Balaban J connectivity index is 1.67. The van der Waals surface area contributed by atoms with Crippen molar-refractivity contribution in [3.63, 3.8) is 0 Å². The number of rotatable bonds is 5. The van der Waals surface area contributed by atoms with Gasteiger partial charge in [0.1, 0.15) is 0 Å². The molecule has 0 aliphatic carbocycles. The molecule has 0 spiro atoms. The van der Waals surface area contributed by atoms with Crippen LogP contribution in [-0.2, 0) is 9.53 Å². The zero-order chi connectivity index (χ0) is 14.4. The van der Waals surface area contributed by atoms with Crippen molar-refractivity contribution in [3.8, 4) is 0 Å². The Bertz CT molecular complexity index is 305. The first-order valence-corrected chi connectivity index (χ1v) is 8.00. The normalized spacial score (nSPS) is 28.6. The first-order valence-electron chi connectivity index (χ1n) is 8.00. The van der Waals surface area contributed by atoms with Gasteiger partial charge in [0.15, 0.2) is 0 Å². The van der Waals surface area contributed by atoms with E-state index in [9.17, 15) is 4.79 Å². The van der Waals surface area contributed by atoms with E-state index in [2.05, 4.69) is 11.8 Å². The van der Waals surface area contributed by atoms with Crippen molar-refractivity contribution in [3.05, 3.63) is 0 Å². The average molecular weight is 283 g/mol. The van der Waals surface area contributed by atoms with Gasteiger partial charge < -0.3 is 20.3 Å². The Morgan fingerprint density at radius 2 is 2.05 bits per heavy atom. The van der Waals surface area contributed by atoms with E-state index in [1.807, 2.05) is 4.90 Å². The maximum absolute atomic E-state index is 12.1. The van der Waals surface area contributed by atoms with E-state index in [4.69, 9.17) is 10.5 Å². The van der Waals surface area contributed by atoms with Gasteiger partial charge in [-0.25, -0.2) is 0 Å². The molecule has 2 heterocycles. The monoisotopic (exact) mass is 283 g/mol. The highest BCUT2D eigenvalue weighted by atomic mass is 16.5. The van der Waals surface area contributed by atoms with Gasteiger partial charge in [0.2, 0.25) is 5.91 Å². The molecular formula is C15H29N3O2. The molecule has 5 nitrogen and oxygen atoms in total. The maximum Gasteiger partial charge on any atom is 0.222 e. The zero-order valence-corrected chi connectivity index (χ0v) is 12.7. The second kappa shape index (κ2) is 7.96. The molecule has 116 valence electrons. The number of likely N-dealkylation sites (tertiary alicyclic amines) is 1. The number of ether oxygens (including phenoxy) is 1. The lowest BCUT2D eigenvalue weighted by Crippen LogP contribution is -2.44. The molecule has 2 unspecified atom stereocenters. The molecule has 5 heteroatoms. The standard InChI is InChI=1S/C15H29N3O2/c1-13-4-5-14(11-16)12-18(13)6-2-3-15(19)17-7-9-20-10-8-17/h13-14H,2-12,16H2,1H3. The first kappa shape index (κ1) is 15.7. The summed E-state index contributed by atoms with van der Waals surface area (Å²) in [5.41, 5.74) is 5.79. The Kier molecular flexibility index (Phi) is 6.26. The zero-order valence-electron chi connectivity index (χ0n) is 12.7. The Morgan fingerprint density at radius 3 is 2.75 bits per heavy atom. The molecule has 2 aliphatic rings. The van der Waals surface area contributed by atoms with Crippen LogP contribution in [0.25, 0.3) is 0 Å². The molecule has 2 N–H and O–H groups in total. The summed E-state index contributed by atoms with van der Waals surface area (Å²) in [6.07, 6.45) is 4.11. The quantitative estimate of drug-likeness (QED) is 0.806. The summed E-state index contributed by atoms with van der Waals surface area (Å²) in [5.74, 6) is 0.925. The molecule has 2 atom stereocenters. The average Bonchev–Trinajstić information content (AvgIpc) is 2.50. The van der Waals surface area contributed by atoms with Gasteiger partial charge in [0.05, 0.1) is 13.2 Å². The van der Waals surface area contributed by atoms with Gasteiger partial charge in [-0.3, -0.25) is 4.79 Å². The maximum atomic E-state index is 12.1. The van der Waals surface area contributed by atoms with E-state index in [1.165, 1.54) is 12.8 Å². The molecule has 1 amide bonds. The number of nitrogens with two attached hydrogens (primary N) is 1. The molecule has 2 saturated heterocycles. The second-order valence-electron chi connectivity index (χ2n) is 6.12. The van der Waals surface area contributed by atoms with Gasteiger partial charge in [-0.2, -0.15) is 0 Å². The summed E-state index contributed by atoms with van der Waals surface area (Å²) in [6, 6.07) is 0.635. The van der Waals surface area contributed by atoms with Gasteiger partial charge in [-0.1, -0.05) is 0 Å². The fourth-order valence-corrected chi connectivity index (χ4v) is 3.17. The van der Waals surface area contributed by atoms with Crippen molar-refractivity contribution in [1.82, 2.24) is 9.80 Å². The lowest BCUT2D eigenvalue weighted by molar-refractivity contribution is -0.135. The number of carbonyl (C=O) groups is 1. The summed E-state index contributed by atoms with van der Waals surface area (Å²) in [5, 5.41) is 0. The SMILES string of the molecule is CC1CCC(CN)CN1CCCC(=O)N1CCOCC1. The minimum Gasteiger partial charge on any atom is -0.378 e. The number of amides is 1.